The van der Waals surface area contributed by atoms with E-state index in [1.54, 1.807) is 20.3 Å². The van der Waals surface area contributed by atoms with Gasteiger partial charge in [-0.25, -0.2) is 4.68 Å². The zero-order valence-electron chi connectivity index (χ0n) is 13.9. The number of nitrogens with zero attached hydrogens (tertiary/aromatic N) is 5. The Kier molecular flexibility index (Phi) is 5.46. The summed E-state index contributed by atoms with van der Waals surface area (Å²) in [5, 5.41) is 10.2. The zero-order chi connectivity index (χ0) is 17.7. The van der Waals surface area contributed by atoms with E-state index in [4.69, 9.17) is 0 Å². The number of carbonyl (C=O) groups is 2. The van der Waals surface area contributed by atoms with Gasteiger partial charge in [0.25, 0.3) is 11.5 Å². The van der Waals surface area contributed by atoms with E-state index >= 15 is 0 Å². The Bertz CT molecular complexity index is 793. The molecule has 2 aromatic heterocycles. The van der Waals surface area contributed by atoms with Gasteiger partial charge in [-0.05, 0) is 12.5 Å². The Labute approximate surface area is 138 Å². The standard InChI is InChI=1S/C15H20N6O3/c1-4-7-20-8-11(5-6-13(20)22)16-15(24)12-9-21(18-17-12)10-14(23)19(2)3/h5-6,8-9H,4,7,10H2,1-3H3,(H,16,24). The maximum absolute atomic E-state index is 12.2. The SMILES string of the molecule is CCCn1cc(NC(=O)c2cn(CC(=O)N(C)C)nn2)ccc1=O. The van der Waals surface area contributed by atoms with Crippen molar-refractivity contribution in [1.82, 2.24) is 24.5 Å². The molecule has 0 fully saturated rings. The van der Waals surface area contributed by atoms with Crippen LogP contribution >= 0.6 is 0 Å². The number of hydrogen-bond donors (Lipinski definition) is 1. The lowest BCUT2D eigenvalue weighted by Gasteiger charge is -2.09. The average Bonchev–Trinajstić information content (AvgIpc) is 2.99. The Morgan fingerprint density at radius 3 is 2.67 bits per heavy atom. The minimum absolute atomic E-state index is 0.00859. The summed E-state index contributed by atoms with van der Waals surface area (Å²) in [7, 11) is 3.27. The third-order valence-electron chi connectivity index (χ3n) is 3.27. The largest absolute Gasteiger partial charge is 0.347 e. The number of likely N-dealkylation sites (N-methyl/N-ethyl adjacent to an activating group) is 1. The molecule has 0 aromatic carbocycles. The van der Waals surface area contributed by atoms with Crippen LogP contribution in [0.2, 0.25) is 0 Å². The van der Waals surface area contributed by atoms with Crippen LogP contribution in [-0.4, -0.2) is 50.4 Å². The van der Waals surface area contributed by atoms with Crippen LogP contribution in [0.15, 0.2) is 29.3 Å². The molecule has 24 heavy (non-hydrogen) atoms. The summed E-state index contributed by atoms with van der Waals surface area (Å²) in [6.07, 6.45) is 3.80. The van der Waals surface area contributed by atoms with Crippen molar-refractivity contribution in [2.75, 3.05) is 19.4 Å². The van der Waals surface area contributed by atoms with E-state index in [1.807, 2.05) is 6.92 Å². The predicted molar refractivity (Wildman–Crippen MR) is 87.7 cm³/mol. The summed E-state index contributed by atoms with van der Waals surface area (Å²) in [6.45, 7) is 2.55. The molecule has 0 aliphatic heterocycles. The molecule has 0 saturated heterocycles. The molecule has 2 rings (SSSR count). The molecule has 128 valence electrons. The second-order valence-corrected chi connectivity index (χ2v) is 5.49. The third-order valence-corrected chi connectivity index (χ3v) is 3.27. The van der Waals surface area contributed by atoms with Crippen molar-refractivity contribution in [2.24, 2.45) is 0 Å². The van der Waals surface area contributed by atoms with E-state index in [0.717, 1.165) is 6.42 Å². The van der Waals surface area contributed by atoms with Gasteiger partial charge >= 0.3 is 0 Å². The monoisotopic (exact) mass is 332 g/mol. The lowest BCUT2D eigenvalue weighted by Crippen LogP contribution is -2.26. The highest BCUT2D eigenvalue weighted by Crippen LogP contribution is 2.06. The van der Waals surface area contributed by atoms with Gasteiger partial charge in [0.2, 0.25) is 5.91 Å². The summed E-state index contributed by atoms with van der Waals surface area (Å²) in [5.74, 6) is -0.612. The predicted octanol–water partition coefficient (Wildman–Crippen LogP) is 0.190. The molecule has 0 aliphatic carbocycles. The Morgan fingerprint density at radius 2 is 2.00 bits per heavy atom. The van der Waals surface area contributed by atoms with Crippen molar-refractivity contribution in [3.8, 4) is 0 Å². The van der Waals surface area contributed by atoms with Gasteiger partial charge in [-0.1, -0.05) is 12.1 Å². The Hall–Kier alpha value is -2.97. The number of hydrogen-bond acceptors (Lipinski definition) is 5. The van der Waals surface area contributed by atoms with Crippen molar-refractivity contribution in [1.29, 1.82) is 0 Å². The van der Waals surface area contributed by atoms with Gasteiger partial charge in [-0.3, -0.25) is 14.4 Å². The van der Waals surface area contributed by atoms with Crippen molar-refractivity contribution in [3.05, 3.63) is 40.6 Å². The van der Waals surface area contributed by atoms with Crippen LogP contribution in [0.25, 0.3) is 0 Å². The van der Waals surface area contributed by atoms with Gasteiger partial charge in [0.15, 0.2) is 5.69 Å². The quantitative estimate of drug-likeness (QED) is 0.813. The first kappa shape index (κ1) is 17.4. The number of rotatable bonds is 6. The van der Waals surface area contributed by atoms with Gasteiger partial charge < -0.3 is 14.8 Å². The van der Waals surface area contributed by atoms with E-state index in [-0.39, 0.29) is 23.7 Å². The molecular weight excluding hydrogens is 312 g/mol. The second kappa shape index (κ2) is 7.53. The number of carbonyl (C=O) groups excluding carboxylic acids is 2. The van der Waals surface area contributed by atoms with Gasteiger partial charge in [0.05, 0.1) is 11.9 Å². The van der Waals surface area contributed by atoms with Crippen LogP contribution in [0.3, 0.4) is 0 Å². The zero-order valence-corrected chi connectivity index (χ0v) is 13.9. The van der Waals surface area contributed by atoms with E-state index in [2.05, 4.69) is 15.6 Å². The van der Waals surface area contributed by atoms with E-state index in [9.17, 15) is 14.4 Å². The summed E-state index contributed by atoms with van der Waals surface area (Å²) in [6, 6.07) is 2.93. The van der Waals surface area contributed by atoms with Crippen LogP contribution in [0.1, 0.15) is 23.8 Å². The first-order valence-corrected chi connectivity index (χ1v) is 7.53. The molecule has 9 heteroatoms. The Balaban J connectivity index is 2.08. The van der Waals surface area contributed by atoms with Gasteiger partial charge in [-0.2, -0.15) is 0 Å². The van der Waals surface area contributed by atoms with E-state index in [1.165, 1.54) is 32.5 Å². The van der Waals surface area contributed by atoms with Crippen molar-refractivity contribution in [3.63, 3.8) is 0 Å². The van der Waals surface area contributed by atoms with Crippen molar-refractivity contribution in [2.45, 2.75) is 26.4 Å². The van der Waals surface area contributed by atoms with E-state index in [0.29, 0.717) is 12.2 Å². The van der Waals surface area contributed by atoms with Gasteiger partial charge in [0, 0.05) is 32.9 Å². The fraction of sp³-hybridized carbons (Fsp3) is 0.400. The fourth-order valence-electron chi connectivity index (χ4n) is 1.98. The first-order chi connectivity index (χ1) is 11.4. The Morgan fingerprint density at radius 1 is 1.25 bits per heavy atom. The normalized spacial score (nSPS) is 10.5. The molecule has 0 radical (unpaired) electrons. The van der Waals surface area contributed by atoms with Crippen LogP contribution in [0, 0.1) is 0 Å². The second-order valence-electron chi connectivity index (χ2n) is 5.49. The fourth-order valence-corrected chi connectivity index (χ4v) is 1.98. The molecule has 2 amide bonds. The number of aromatic nitrogens is 4. The average molecular weight is 332 g/mol. The van der Waals surface area contributed by atoms with Crippen molar-refractivity contribution >= 4 is 17.5 Å². The number of aryl methyl sites for hydroxylation is 1. The van der Waals surface area contributed by atoms with Gasteiger partial charge in [0.1, 0.15) is 6.54 Å². The molecular formula is C15H20N6O3. The lowest BCUT2D eigenvalue weighted by molar-refractivity contribution is -0.129. The number of anilines is 1. The molecule has 0 atom stereocenters. The van der Waals surface area contributed by atoms with Crippen molar-refractivity contribution < 1.29 is 9.59 Å². The minimum atomic E-state index is -0.458. The molecule has 9 nitrogen and oxygen atoms in total. The molecule has 0 saturated carbocycles. The summed E-state index contributed by atoms with van der Waals surface area (Å²) in [5.41, 5.74) is 0.463. The highest BCUT2D eigenvalue weighted by Gasteiger charge is 2.13. The van der Waals surface area contributed by atoms with Gasteiger partial charge in [-0.15, -0.1) is 5.10 Å². The number of pyridine rings is 1. The maximum atomic E-state index is 12.2. The molecule has 0 bridgehead atoms. The van der Waals surface area contributed by atoms with Crippen LogP contribution in [-0.2, 0) is 17.9 Å². The highest BCUT2D eigenvalue weighted by molar-refractivity contribution is 6.02. The minimum Gasteiger partial charge on any atom is -0.347 e. The third kappa shape index (κ3) is 4.28. The topological polar surface area (TPSA) is 102 Å². The van der Waals surface area contributed by atoms with Crippen LogP contribution in [0.4, 0.5) is 5.69 Å². The summed E-state index contributed by atoms with van der Waals surface area (Å²) >= 11 is 0. The van der Waals surface area contributed by atoms with E-state index < -0.39 is 5.91 Å². The lowest BCUT2D eigenvalue weighted by atomic mass is 10.3. The maximum Gasteiger partial charge on any atom is 0.277 e. The molecule has 0 unspecified atom stereocenters. The van der Waals surface area contributed by atoms with Crippen LogP contribution in [0.5, 0.6) is 0 Å². The molecule has 0 aliphatic rings. The van der Waals surface area contributed by atoms with Crippen LogP contribution < -0.4 is 10.9 Å². The molecule has 1 N–H and O–H groups in total. The summed E-state index contributed by atoms with van der Waals surface area (Å²) in [4.78, 5) is 36.9. The first-order valence-electron chi connectivity index (χ1n) is 7.53. The smallest absolute Gasteiger partial charge is 0.277 e. The number of nitrogens with one attached hydrogen (secondary N) is 1. The summed E-state index contributed by atoms with van der Waals surface area (Å²) < 4.78 is 2.83. The number of amides is 2. The molecule has 0 spiro atoms. The highest BCUT2D eigenvalue weighted by atomic mass is 16.2. The molecule has 2 aromatic rings. The molecule has 2 heterocycles.